The van der Waals surface area contributed by atoms with Crippen LogP contribution in [0.2, 0.25) is 0 Å². The Hall–Kier alpha value is -1.07. The lowest BCUT2D eigenvalue weighted by atomic mass is 10.5. The minimum Gasteiger partial charge on any atom is -0.379 e. The highest BCUT2D eigenvalue weighted by Crippen LogP contribution is 2.02. The van der Waals surface area contributed by atoms with E-state index in [2.05, 4.69) is 15.6 Å². The van der Waals surface area contributed by atoms with E-state index >= 15 is 0 Å². The molecule has 0 aromatic heterocycles. The highest BCUT2D eigenvalue weighted by atomic mass is 16.5. The monoisotopic (exact) mass is 168 g/mol. The summed E-state index contributed by atoms with van der Waals surface area (Å²) in [4.78, 5) is 0. The van der Waals surface area contributed by atoms with Gasteiger partial charge in [-0.3, -0.25) is 0 Å². The van der Waals surface area contributed by atoms with E-state index < -0.39 is 0 Å². The number of hydrogen-bond acceptors (Lipinski definition) is 5. The van der Waals surface area contributed by atoms with Gasteiger partial charge in [-0.15, -0.1) is 0 Å². The molecule has 66 valence electrons. The third kappa shape index (κ3) is 1.57. The molecule has 0 bridgehead atoms. The Bertz CT molecular complexity index is 198. The number of allylic oxidation sites excluding steroid dienone is 1. The molecule has 5 nitrogen and oxygen atoms in total. The number of hydrogen-bond donors (Lipinski definition) is 1. The Balaban J connectivity index is 1.90. The number of morpholine rings is 1. The molecule has 0 aromatic rings. The molecule has 0 saturated carbocycles. The first-order valence-electron chi connectivity index (χ1n) is 4.04. The number of nitrogens with zero attached hydrogens (tertiary/aromatic N) is 3. The molecule has 0 atom stereocenters. The zero-order valence-electron chi connectivity index (χ0n) is 6.81. The number of hydrazone groups is 1. The van der Waals surface area contributed by atoms with Gasteiger partial charge in [-0.2, -0.15) is 10.1 Å². The van der Waals surface area contributed by atoms with Crippen LogP contribution in [0.25, 0.3) is 0 Å². The van der Waals surface area contributed by atoms with Crippen LogP contribution in [0, 0.1) is 0 Å². The van der Waals surface area contributed by atoms with Crippen LogP contribution in [0.15, 0.2) is 17.4 Å². The summed E-state index contributed by atoms with van der Waals surface area (Å²) in [7, 11) is 0. The van der Waals surface area contributed by atoms with Gasteiger partial charge >= 0.3 is 0 Å². The molecule has 2 rings (SSSR count). The topological polar surface area (TPSA) is 40.1 Å². The van der Waals surface area contributed by atoms with Gasteiger partial charge in [0, 0.05) is 19.3 Å². The van der Waals surface area contributed by atoms with Gasteiger partial charge in [-0.1, -0.05) is 0 Å². The summed E-state index contributed by atoms with van der Waals surface area (Å²) in [5.74, 6) is 0. The fourth-order valence-corrected chi connectivity index (χ4v) is 1.22. The van der Waals surface area contributed by atoms with E-state index in [4.69, 9.17) is 4.74 Å². The van der Waals surface area contributed by atoms with Crippen molar-refractivity contribution in [1.29, 1.82) is 0 Å². The Labute approximate surface area is 71.2 Å². The molecule has 1 N–H and O–H groups in total. The Morgan fingerprint density at radius 1 is 1.33 bits per heavy atom. The number of rotatable bonds is 1. The van der Waals surface area contributed by atoms with E-state index in [9.17, 15) is 0 Å². The van der Waals surface area contributed by atoms with Gasteiger partial charge in [0.15, 0.2) is 0 Å². The molecule has 2 aliphatic rings. The summed E-state index contributed by atoms with van der Waals surface area (Å²) >= 11 is 0. The molecule has 2 heterocycles. The number of hydrazine groups is 2. The van der Waals surface area contributed by atoms with Crippen molar-refractivity contribution in [3.8, 4) is 0 Å². The van der Waals surface area contributed by atoms with Crippen molar-refractivity contribution in [3.63, 3.8) is 0 Å². The second kappa shape index (κ2) is 3.55. The summed E-state index contributed by atoms with van der Waals surface area (Å²) < 4.78 is 5.23. The van der Waals surface area contributed by atoms with E-state index in [-0.39, 0.29) is 0 Å². The van der Waals surface area contributed by atoms with E-state index in [1.54, 1.807) is 6.21 Å². The predicted octanol–water partition coefficient (Wildman–Crippen LogP) is -0.447. The smallest absolute Gasteiger partial charge is 0.0613 e. The summed E-state index contributed by atoms with van der Waals surface area (Å²) in [6.07, 6.45) is 5.56. The van der Waals surface area contributed by atoms with E-state index in [0.717, 1.165) is 26.3 Å². The molecule has 0 aliphatic carbocycles. The van der Waals surface area contributed by atoms with Gasteiger partial charge in [0.05, 0.1) is 19.4 Å². The van der Waals surface area contributed by atoms with E-state index in [1.165, 1.54) is 0 Å². The minimum absolute atomic E-state index is 0.787. The van der Waals surface area contributed by atoms with Gasteiger partial charge in [0.25, 0.3) is 0 Å². The van der Waals surface area contributed by atoms with Crippen molar-refractivity contribution in [3.05, 3.63) is 12.3 Å². The van der Waals surface area contributed by atoms with Crippen molar-refractivity contribution in [1.82, 2.24) is 15.7 Å². The Kier molecular flexibility index (Phi) is 2.24. The Morgan fingerprint density at radius 2 is 2.17 bits per heavy atom. The first-order valence-corrected chi connectivity index (χ1v) is 4.04. The summed E-state index contributed by atoms with van der Waals surface area (Å²) in [5, 5.41) is 7.94. The van der Waals surface area contributed by atoms with Gasteiger partial charge in [0.2, 0.25) is 0 Å². The van der Waals surface area contributed by atoms with Gasteiger partial charge in [-0.25, -0.2) is 10.7 Å². The Morgan fingerprint density at radius 3 is 2.83 bits per heavy atom. The zero-order valence-corrected chi connectivity index (χ0v) is 6.81. The van der Waals surface area contributed by atoms with Crippen LogP contribution in [0.3, 0.4) is 0 Å². The largest absolute Gasteiger partial charge is 0.379 e. The van der Waals surface area contributed by atoms with Crippen LogP contribution < -0.4 is 5.53 Å². The maximum absolute atomic E-state index is 5.23. The summed E-state index contributed by atoms with van der Waals surface area (Å²) in [5.41, 5.74) is 2.88. The average Bonchev–Trinajstić information content (AvgIpc) is 2.21. The average molecular weight is 168 g/mol. The van der Waals surface area contributed by atoms with Crippen LogP contribution in [0.1, 0.15) is 0 Å². The highest BCUT2D eigenvalue weighted by Gasteiger charge is 2.15. The molecule has 12 heavy (non-hydrogen) atoms. The lowest BCUT2D eigenvalue weighted by molar-refractivity contribution is -0.0892. The molecular formula is C7H12N4O. The van der Waals surface area contributed by atoms with Gasteiger partial charge < -0.3 is 4.74 Å². The molecule has 5 heteroatoms. The predicted molar refractivity (Wildman–Crippen MR) is 45.0 cm³/mol. The summed E-state index contributed by atoms with van der Waals surface area (Å²) in [6.45, 7) is 3.39. The normalized spacial score (nSPS) is 24.2. The third-order valence-corrected chi connectivity index (χ3v) is 1.84. The van der Waals surface area contributed by atoms with Crippen LogP contribution in [0.5, 0.6) is 0 Å². The fraction of sp³-hybridized carbons (Fsp3) is 0.571. The van der Waals surface area contributed by atoms with Crippen molar-refractivity contribution in [2.75, 3.05) is 26.3 Å². The molecule has 0 spiro atoms. The fourth-order valence-electron chi connectivity index (χ4n) is 1.22. The first-order chi connectivity index (χ1) is 5.97. The SMILES string of the molecule is C1=CN(N2CCOCC2)NN=C1. The number of nitrogens with one attached hydrogen (secondary N) is 1. The van der Waals surface area contributed by atoms with Crippen LogP contribution >= 0.6 is 0 Å². The molecule has 0 aromatic carbocycles. The lowest BCUT2D eigenvalue weighted by Crippen LogP contribution is -2.51. The van der Waals surface area contributed by atoms with Crippen molar-refractivity contribution < 1.29 is 4.74 Å². The van der Waals surface area contributed by atoms with E-state index in [1.807, 2.05) is 17.4 Å². The second-order valence-electron chi connectivity index (χ2n) is 2.63. The lowest BCUT2D eigenvalue weighted by Gasteiger charge is -2.35. The number of ether oxygens (including phenoxy) is 1. The highest BCUT2D eigenvalue weighted by molar-refractivity contribution is 5.70. The second-order valence-corrected chi connectivity index (χ2v) is 2.63. The molecule has 0 unspecified atom stereocenters. The zero-order chi connectivity index (χ0) is 8.23. The minimum atomic E-state index is 0.787. The summed E-state index contributed by atoms with van der Waals surface area (Å²) in [6, 6.07) is 0. The molecule has 1 fully saturated rings. The molecule has 0 amide bonds. The van der Waals surface area contributed by atoms with Crippen molar-refractivity contribution in [2.45, 2.75) is 0 Å². The van der Waals surface area contributed by atoms with Gasteiger partial charge in [0.1, 0.15) is 0 Å². The van der Waals surface area contributed by atoms with Crippen molar-refractivity contribution in [2.24, 2.45) is 5.10 Å². The van der Waals surface area contributed by atoms with Crippen molar-refractivity contribution >= 4 is 6.21 Å². The maximum Gasteiger partial charge on any atom is 0.0613 e. The van der Waals surface area contributed by atoms with Crippen LogP contribution in [-0.4, -0.2) is 42.6 Å². The third-order valence-electron chi connectivity index (χ3n) is 1.84. The molecular weight excluding hydrogens is 156 g/mol. The van der Waals surface area contributed by atoms with Crippen LogP contribution in [0.4, 0.5) is 0 Å². The molecule has 2 aliphatic heterocycles. The molecule has 1 saturated heterocycles. The standard InChI is InChI=1S/C7H12N4O/c1-2-8-9-11(3-1)10-4-6-12-7-5-10/h1-3,9H,4-7H2. The van der Waals surface area contributed by atoms with Gasteiger partial charge in [-0.05, 0) is 6.08 Å². The first kappa shape index (κ1) is 7.57. The van der Waals surface area contributed by atoms with Crippen LogP contribution in [-0.2, 0) is 4.74 Å². The maximum atomic E-state index is 5.23. The molecule has 0 radical (unpaired) electrons. The quantitative estimate of drug-likeness (QED) is 0.576. The van der Waals surface area contributed by atoms with E-state index in [0.29, 0.717) is 0 Å².